The van der Waals surface area contributed by atoms with E-state index >= 15 is 0 Å². The summed E-state index contributed by atoms with van der Waals surface area (Å²) in [4.78, 5) is 71.7. The number of benzene rings is 3. The molecule has 4 atom stereocenters. The molecule has 2 aliphatic heterocycles. The standard InChI is InChI=1S/C47H54N8O6/c1-26(2)40(52-46(58)60-5)44(56)54-19-7-8-38(54)42-48-24-37(51-42)34-18-17-32-20-31(15-16-33(32)21-34)28-11-13-30(14-12-28)36-23-49-43(50-36)39-22-35(29-9-10-29)25-55(39)45(57)41(27(3)4)53-47(59)61-6/h11-18,20-24,26-27,29,38-41H,7-10,19,25H2,1-6H3,(H,48,51)(H,49,50)(H,52,58)(H,53,59)/t38-,39-,40-,41-/m0/s1. The SMILES string of the molecule is COC(=O)N[C@H](C(=O)N1CC(C2CC2)=C[C@H]1c1ncc(-c2ccc(-c3ccc4cc(-c5cnc([C@@H]6CCCN6C(=O)[C@@H](NC(=O)OC)C(C)C)[nH]5)ccc4c3)cc2)[nH]1)C(C)C. The first-order valence-electron chi connectivity index (χ1n) is 21.2. The molecule has 3 aliphatic rings. The highest BCUT2D eigenvalue weighted by Crippen LogP contribution is 2.43. The molecule has 0 spiro atoms. The van der Waals surface area contributed by atoms with Crippen LogP contribution in [0.15, 0.2) is 84.7 Å². The molecule has 1 saturated heterocycles. The van der Waals surface area contributed by atoms with Gasteiger partial charge in [0.2, 0.25) is 11.8 Å². The Morgan fingerprint density at radius 1 is 0.672 bits per heavy atom. The van der Waals surface area contributed by atoms with Crippen LogP contribution in [0.2, 0.25) is 0 Å². The monoisotopic (exact) mass is 826 g/mol. The van der Waals surface area contributed by atoms with E-state index in [2.05, 4.69) is 87.3 Å². The van der Waals surface area contributed by atoms with Crippen molar-refractivity contribution >= 4 is 34.8 Å². The van der Waals surface area contributed by atoms with Gasteiger partial charge in [0.25, 0.3) is 0 Å². The molecule has 0 unspecified atom stereocenters. The van der Waals surface area contributed by atoms with Gasteiger partial charge in [0.1, 0.15) is 29.8 Å². The Kier molecular flexibility index (Phi) is 11.7. The van der Waals surface area contributed by atoms with E-state index in [0.29, 0.717) is 24.8 Å². The lowest BCUT2D eigenvalue weighted by atomic mass is 9.98. The molecule has 2 aromatic heterocycles. The molecule has 0 radical (unpaired) electrons. The summed E-state index contributed by atoms with van der Waals surface area (Å²) in [5, 5.41) is 7.63. The molecule has 8 rings (SSSR count). The van der Waals surface area contributed by atoms with Gasteiger partial charge in [-0.25, -0.2) is 19.6 Å². The highest BCUT2D eigenvalue weighted by atomic mass is 16.5. The number of amides is 4. The Hall–Kier alpha value is -6.44. The number of H-pyrrole nitrogens is 2. The van der Waals surface area contributed by atoms with Crippen LogP contribution in [0.5, 0.6) is 0 Å². The van der Waals surface area contributed by atoms with Crippen LogP contribution >= 0.6 is 0 Å². The summed E-state index contributed by atoms with van der Waals surface area (Å²) in [5.41, 5.74) is 7.10. The normalized spacial score (nSPS) is 18.7. The quantitative estimate of drug-likeness (QED) is 0.0918. The number of nitrogens with zero attached hydrogens (tertiary/aromatic N) is 4. The summed E-state index contributed by atoms with van der Waals surface area (Å²) in [5.74, 6) is 1.38. The molecule has 61 heavy (non-hydrogen) atoms. The third kappa shape index (κ3) is 8.61. The lowest BCUT2D eigenvalue weighted by molar-refractivity contribution is -0.136. The average Bonchev–Trinajstić information content (AvgIpc) is 3.70. The molecule has 0 bridgehead atoms. The van der Waals surface area contributed by atoms with Gasteiger partial charge in [-0.3, -0.25) is 9.59 Å². The second-order valence-electron chi connectivity index (χ2n) is 17.0. The van der Waals surface area contributed by atoms with Crippen molar-refractivity contribution in [2.75, 3.05) is 27.3 Å². The minimum Gasteiger partial charge on any atom is -0.453 e. The van der Waals surface area contributed by atoms with Crippen LogP contribution in [0.4, 0.5) is 9.59 Å². The fourth-order valence-corrected chi connectivity index (χ4v) is 8.59. The van der Waals surface area contributed by atoms with Crippen molar-refractivity contribution in [3.63, 3.8) is 0 Å². The van der Waals surface area contributed by atoms with E-state index in [0.717, 1.165) is 75.9 Å². The number of fused-ring (bicyclic) bond motifs is 1. The number of carbonyl (C=O) groups excluding carboxylic acids is 4. The third-order valence-corrected chi connectivity index (χ3v) is 12.2. The molecular weight excluding hydrogens is 773 g/mol. The molecule has 1 saturated carbocycles. The predicted octanol–water partition coefficient (Wildman–Crippen LogP) is 7.93. The maximum Gasteiger partial charge on any atom is 0.407 e. The van der Waals surface area contributed by atoms with Crippen LogP contribution in [-0.4, -0.2) is 93.1 Å². The zero-order valence-corrected chi connectivity index (χ0v) is 35.5. The van der Waals surface area contributed by atoms with E-state index in [4.69, 9.17) is 19.4 Å². The number of hydrogen-bond acceptors (Lipinski definition) is 8. The number of aromatic amines is 2. The van der Waals surface area contributed by atoms with Crippen molar-refractivity contribution in [3.05, 3.63) is 96.4 Å². The van der Waals surface area contributed by atoms with Crippen LogP contribution in [0.25, 0.3) is 44.4 Å². The largest absolute Gasteiger partial charge is 0.453 e. The van der Waals surface area contributed by atoms with Crippen molar-refractivity contribution in [3.8, 4) is 33.6 Å². The molecule has 318 valence electrons. The Morgan fingerprint density at radius 3 is 1.80 bits per heavy atom. The first kappa shape index (κ1) is 41.3. The van der Waals surface area contributed by atoms with E-state index in [1.165, 1.54) is 19.8 Å². The van der Waals surface area contributed by atoms with Crippen LogP contribution < -0.4 is 10.6 Å². The first-order chi connectivity index (χ1) is 29.4. The first-order valence-corrected chi connectivity index (χ1v) is 21.2. The summed E-state index contributed by atoms with van der Waals surface area (Å²) in [6.07, 6.45) is 8.43. The number of alkyl carbamates (subject to hydrolysis) is 2. The lowest BCUT2D eigenvalue weighted by Crippen LogP contribution is -2.51. The Labute approximate surface area is 355 Å². The Bertz CT molecular complexity index is 2470. The maximum absolute atomic E-state index is 13.9. The van der Waals surface area contributed by atoms with Crippen molar-refractivity contribution in [2.24, 2.45) is 17.8 Å². The van der Waals surface area contributed by atoms with E-state index in [-0.39, 0.29) is 35.7 Å². The molecule has 5 aromatic rings. The number of aromatic nitrogens is 4. The summed E-state index contributed by atoms with van der Waals surface area (Å²) in [6.45, 7) is 8.75. The molecule has 3 aromatic carbocycles. The van der Waals surface area contributed by atoms with Crippen molar-refractivity contribution < 1.29 is 28.7 Å². The molecule has 4 amide bonds. The summed E-state index contributed by atoms with van der Waals surface area (Å²) < 4.78 is 9.59. The molecule has 4 N–H and O–H groups in total. The van der Waals surface area contributed by atoms with Crippen molar-refractivity contribution in [2.45, 2.75) is 77.5 Å². The van der Waals surface area contributed by atoms with Gasteiger partial charge in [-0.2, -0.15) is 0 Å². The number of carbonyl (C=O) groups is 4. The van der Waals surface area contributed by atoms with Gasteiger partial charge in [0.15, 0.2) is 0 Å². The summed E-state index contributed by atoms with van der Waals surface area (Å²) in [7, 11) is 2.59. The van der Waals surface area contributed by atoms with Gasteiger partial charge in [-0.15, -0.1) is 0 Å². The average molecular weight is 827 g/mol. The molecular formula is C47H54N8O6. The van der Waals surface area contributed by atoms with Gasteiger partial charge < -0.3 is 39.9 Å². The highest BCUT2D eigenvalue weighted by molar-refractivity contribution is 5.91. The smallest absolute Gasteiger partial charge is 0.407 e. The van der Waals surface area contributed by atoms with E-state index in [1.54, 1.807) is 0 Å². The maximum atomic E-state index is 13.9. The summed E-state index contributed by atoms with van der Waals surface area (Å²) >= 11 is 0. The number of methoxy groups -OCH3 is 2. The Morgan fingerprint density at radius 2 is 1.20 bits per heavy atom. The van der Waals surface area contributed by atoms with Gasteiger partial charge in [-0.05, 0) is 88.6 Å². The van der Waals surface area contributed by atoms with Crippen LogP contribution in [0.3, 0.4) is 0 Å². The number of nitrogens with one attached hydrogen (secondary N) is 4. The fourth-order valence-electron chi connectivity index (χ4n) is 8.59. The number of ether oxygens (including phenoxy) is 2. The van der Waals surface area contributed by atoms with Crippen LogP contribution in [0.1, 0.15) is 77.1 Å². The molecule has 14 nitrogen and oxygen atoms in total. The second-order valence-corrected chi connectivity index (χ2v) is 17.0. The van der Waals surface area contributed by atoms with Crippen LogP contribution in [0, 0.1) is 17.8 Å². The van der Waals surface area contributed by atoms with E-state index in [1.807, 2.05) is 49.9 Å². The molecule has 1 aliphatic carbocycles. The van der Waals surface area contributed by atoms with Crippen LogP contribution in [-0.2, 0) is 19.1 Å². The second kappa shape index (κ2) is 17.3. The van der Waals surface area contributed by atoms with Crippen molar-refractivity contribution in [1.29, 1.82) is 0 Å². The van der Waals surface area contributed by atoms with E-state index in [9.17, 15) is 19.2 Å². The predicted molar refractivity (Wildman–Crippen MR) is 232 cm³/mol. The number of rotatable bonds is 12. The third-order valence-electron chi connectivity index (χ3n) is 12.2. The van der Waals surface area contributed by atoms with Gasteiger partial charge in [0.05, 0.1) is 44.0 Å². The fraction of sp³-hybridized carbons (Fsp3) is 0.404. The molecule has 4 heterocycles. The zero-order chi connectivity index (χ0) is 42.9. The van der Waals surface area contributed by atoms with Crippen molar-refractivity contribution in [1.82, 2.24) is 40.4 Å². The molecule has 14 heteroatoms. The topological polar surface area (TPSA) is 175 Å². The number of hydrogen-bond donors (Lipinski definition) is 4. The zero-order valence-electron chi connectivity index (χ0n) is 35.5. The summed E-state index contributed by atoms with van der Waals surface area (Å²) in [6, 6.07) is 19.1. The number of likely N-dealkylation sites (tertiary alicyclic amines) is 1. The minimum atomic E-state index is -0.720. The van der Waals surface area contributed by atoms with Gasteiger partial charge in [-0.1, -0.05) is 82.3 Å². The lowest BCUT2D eigenvalue weighted by Gasteiger charge is -2.30. The minimum absolute atomic E-state index is 0.107. The number of imidazole rings is 2. The highest BCUT2D eigenvalue weighted by Gasteiger charge is 2.41. The van der Waals surface area contributed by atoms with Gasteiger partial charge >= 0.3 is 12.2 Å². The van der Waals surface area contributed by atoms with Gasteiger partial charge in [0, 0.05) is 18.7 Å². The molecule has 2 fully saturated rings. The Balaban J connectivity index is 0.957. The van der Waals surface area contributed by atoms with E-state index < -0.39 is 24.3 Å².